The second-order valence-electron chi connectivity index (χ2n) is 6.48. The molecule has 1 N–H and O–H groups in total. The fourth-order valence-corrected chi connectivity index (χ4v) is 3.72. The van der Waals surface area contributed by atoms with E-state index >= 15 is 0 Å². The van der Waals surface area contributed by atoms with Crippen LogP contribution in [0, 0.1) is 0 Å². The molecular weight excluding hydrogens is 372 g/mol. The number of halogens is 1. The normalized spacial score (nSPS) is 12.8. The highest BCUT2D eigenvalue weighted by Gasteiger charge is 2.18. The molecule has 5 nitrogen and oxygen atoms in total. The van der Waals surface area contributed by atoms with E-state index in [4.69, 9.17) is 11.6 Å². The highest BCUT2D eigenvalue weighted by molar-refractivity contribution is 7.89. The van der Waals surface area contributed by atoms with Crippen molar-refractivity contribution in [1.29, 1.82) is 0 Å². The first-order valence-electron chi connectivity index (χ1n) is 8.13. The fourth-order valence-electron chi connectivity index (χ4n) is 2.66. The van der Waals surface area contributed by atoms with Crippen LogP contribution in [0.2, 0.25) is 5.02 Å². The van der Waals surface area contributed by atoms with E-state index in [2.05, 4.69) is 5.32 Å². The summed E-state index contributed by atoms with van der Waals surface area (Å²) in [6.45, 7) is 0.403. The third kappa shape index (κ3) is 5.83. The van der Waals surface area contributed by atoms with Gasteiger partial charge >= 0.3 is 0 Å². The Morgan fingerprint density at radius 1 is 1.12 bits per heavy atom. The number of amides is 1. The lowest BCUT2D eigenvalue weighted by Crippen LogP contribution is -2.34. The van der Waals surface area contributed by atoms with Crippen molar-refractivity contribution in [2.75, 3.05) is 26.9 Å². The number of hydrogen-bond donors (Lipinski definition) is 1. The summed E-state index contributed by atoms with van der Waals surface area (Å²) in [6.07, 6.45) is 1.18. The number of sulfone groups is 1. The summed E-state index contributed by atoms with van der Waals surface area (Å²) in [5.41, 5.74) is 2.09. The second kappa shape index (κ2) is 8.66. The molecule has 26 heavy (non-hydrogen) atoms. The Hall–Kier alpha value is -1.89. The molecule has 2 aromatic carbocycles. The summed E-state index contributed by atoms with van der Waals surface area (Å²) in [5.74, 6) is -0.251. The molecule has 0 fully saturated rings. The van der Waals surface area contributed by atoms with Crippen LogP contribution in [0.3, 0.4) is 0 Å². The Morgan fingerprint density at radius 3 is 2.27 bits per heavy atom. The topological polar surface area (TPSA) is 66.5 Å². The largest absolute Gasteiger partial charge is 0.350 e. The van der Waals surface area contributed by atoms with Gasteiger partial charge in [-0.25, -0.2) is 8.42 Å². The van der Waals surface area contributed by atoms with Gasteiger partial charge in [0.25, 0.3) is 5.91 Å². The van der Waals surface area contributed by atoms with Crippen LogP contribution in [0.15, 0.2) is 48.5 Å². The molecule has 1 atom stereocenters. The Bertz CT molecular complexity index is 865. The summed E-state index contributed by atoms with van der Waals surface area (Å²) in [7, 11) is 0.767. The zero-order valence-corrected chi connectivity index (χ0v) is 16.6. The average Bonchev–Trinajstić information content (AvgIpc) is 2.55. The first-order valence-corrected chi connectivity index (χ1v) is 10.6. The molecule has 0 bridgehead atoms. The first-order chi connectivity index (χ1) is 12.2. The predicted molar refractivity (Wildman–Crippen MR) is 105 cm³/mol. The molecule has 140 valence electrons. The summed E-state index contributed by atoms with van der Waals surface area (Å²) < 4.78 is 22.7. The molecule has 2 aromatic rings. The summed E-state index contributed by atoms with van der Waals surface area (Å²) in [6, 6.07) is 14.1. The molecule has 0 aliphatic rings. The number of carbonyl (C=O) groups excluding carboxylic acids is 1. The Labute approximate surface area is 159 Å². The van der Waals surface area contributed by atoms with Crippen LogP contribution in [-0.2, 0) is 15.6 Å². The third-order valence-corrected chi connectivity index (χ3v) is 5.19. The molecule has 1 amide bonds. The van der Waals surface area contributed by atoms with E-state index in [-0.39, 0.29) is 17.7 Å². The highest BCUT2D eigenvalue weighted by Crippen LogP contribution is 2.25. The zero-order valence-electron chi connectivity index (χ0n) is 15.1. The summed E-state index contributed by atoms with van der Waals surface area (Å²) in [4.78, 5) is 14.4. The van der Waals surface area contributed by atoms with Gasteiger partial charge in [0.2, 0.25) is 0 Å². The number of nitrogens with one attached hydrogen (secondary N) is 1. The van der Waals surface area contributed by atoms with E-state index in [1.54, 1.807) is 24.3 Å². The van der Waals surface area contributed by atoms with Crippen molar-refractivity contribution in [3.8, 4) is 0 Å². The minimum Gasteiger partial charge on any atom is -0.350 e. The number of rotatable bonds is 7. The van der Waals surface area contributed by atoms with Crippen molar-refractivity contribution in [3.05, 3.63) is 70.2 Å². The number of nitrogens with zero attached hydrogens (tertiary/aromatic N) is 1. The van der Waals surface area contributed by atoms with Gasteiger partial charge in [0, 0.05) is 23.4 Å². The lowest BCUT2D eigenvalue weighted by atomic mass is 10.1. The lowest BCUT2D eigenvalue weighted by molar-refractivity contribution is 0.0942. The van der Waals surface area contributed by atoms with Crippen molar-refractivity contribution in [2.24, 2.45) is 0 Å². The van der Waals surface area contributed by atoms with E-state index in [1.807, 2.05) is 43.3 Å². The van der Waals surface area contributed by atoms with Crippen molar-refractivity contribution in [3.63, 3.8) is 0 Å². The third-order valence-electron chi connectivity index (χ3n) is 3.99. The highest BCUT2D eigenvalue weighted by atomic mass is 35.5. The molecule has 0 spiro atoms. The Morgan fingerprint density at radius 2 is 1.73 bits per heavy atom. The van der Waals surface area contributed by atoms with E-state index in [9.17, 15) is 13.2 Å². The fraction of sp³-hybridized carbons (Fsp3) is 0.316. The Kier molecular flexibility index (Phi) is 6.81. The number of likely N-dealkylation sites (N-methyl/N-ethyl adjacent to an activating group) is 1. The van der Waals surface area contributed by atoms with Crippen LogP contribution in [0.4, 0.5) is 0 Å². The minimum absolute atomic E-state index is 0.0376. The van der Waals surface area contributed by atoms with E-state index in [0.717, 1.165) is 5.56 Å². The maximum atomic E-state index is 12.4. The van der Waals surface area contributed by atoms with Gasteiger partial charge in [0.1, 0.15) is 0 Å². The standard InChI is InChI=1S/C19H23ClN2O3S/c1-22(2)18(16-6-4-5-7-17(16)20)12-21-19(23)15-10-8-14(9-11-15)13-26(3,24)25/h4-11,18H,12-13H2,1-3H3,(H,21,23). The second-order valence-corrected chi connectivity index (χ2v) is 9.03. The lowest BCUT2D eigenvalue weighted by Gasteiger charge is -2.26. The molecule has 0 aromatic heterocycles. The van der Waals surface area contributed by atoms with Gasteiger partial charge in [0.05, 0.1) is 11.8 Å². The van der Waals surface area contributed by atoms with Crippen molar-refractivity contribution in [2.45, 2.75) is 11.8 Å². The average molecular weight is 395 g/mol. The molecule has 0 radical (unpaired) electrons. The molecule has 1 unspecified atom stereocenters. The van der Waals surface area contributed by atoms with Gasteiger partial charge in [-0.15, -0.1) is 0 Å². The van der Waals surface area contributed by atoms with Crippen LogP contribution in [-0.4, -0.2) is 46.1 Å². The molecule has 0 saturated heterocycles. The van der Waals surface area contributed by atoms with Crippen LogP contribution < -0.4 is 5.32 Å². The van der Waals surface area contributed by atoms with Gasteiger partial charge in [-0.05, 0) is 43.4 Å². The monoisotopic (exact) mass is 394 g/mol. The maximum absolute atomic E-state index is 12.4. The molecule has 2 rings (SSSR count). The van der Waals surface area contributed by atoms with Crippen LogP contribution in [0.5, 0.6) is 0 Å². The number of carbonyl (C=O) groups is 1. The first kappa shape index (κ1) is 20.4. The van der Waals surface area contributed by atoms with Gasteiger partial charge in [-0.2, -0.15) is 0 Å². The number of benzene rings is 2. The van der Waals surface area contributed by atoms with Gasteiger partial charge in [-0.3, -0.25) is 4.79 Å². The van der Waals surface area contributed by atoms with E-state index in [0.29, 0.717) is 22.7 Å². The zero-order chi connectivity index (χ0) is 19.3. The SMILES string of the molecule is CN(C)C(CNC(=O)c1ccc(CS(C)(=O)=O)cc1)c1ccccc1Cl. The molecule has 0 aliphatic heterocycles. The molecule has 7 heteroatoms. The van der Waals surface area contributed by atoms with Gasteiger partial charge < -0.3 is 10.2 Å². The van der Waals surface area contributed by atoms with Crippen molar-refractivity contribution < 1.29 is 13.2 Å². The van der Waals surface area contributed by atoms with Gasteiger partial charge in [-0.1, -0.05) is 41.9 Å². The van der Waals surface area contributed by atoms with Crippen LogP contribution in [0.1, 0.15) is 27.5 Å². The number of hydrogen-bond acceptors (Lipinski definition) is 4. The van der Waals surface area contributed by atoms with E-state index in [1.165, 1.54) is 6.26 Å². The maximum Gasteiger partial charge on any atom is 0.251 e. The van der Waals surface area contributed by atoms with Gasteiger partial charge in [0.15, 0.2) is 9.84 Å². The molecular formula is C19H23ClN2O3S. The molecule has 0 aliphatic carbocycles. The summed E-state index contributed by atoms with van der Waals surface area (Å²) in [5, 5.41) is 3.57. The Balaban J connectivity index is 2.05. The van der Waals surface area contributed by atoms with E-state index < -0.39 is 9.84 Å². The minimum atomic E-state index is -3.09. The summed E-state index contributed by atoms with van der Waals surface area (Å²) >= 11 is 6.28. The smallest absolute Gasteiger partial charge is 0.251 e. The predicted octanol–water partition coefficient (Wildman–Crippen LogP) is 2.92. The molecule has 0 heterocycles. The molecule has 0 saturated carbocycles. The van der Waals surface area contributed by atoms with Crippen molar-refractivity contribution in [1.82, 2.24) is 10.2 Å². The van der Waals surface area contributed by atoms with Crippen LogP contribution in [0.25, 0.3) is 0 Å². The quantitative estimate of drug-likeness (QED) is 0.784. The van der Waals surface area contributed by atoms with Crippen molar-refractivity contribution >= 4 is 27.3 Å². The van der Waals surface area contributed by atoms with Crippen LogP contribution >= 0.6 is 11.6 Å².